The summed E-state index contributed by atoms with van der Waals surface area (Å²) in [6.45, 7) is 3.61. The molecule has 1 saturated heterocycles. The fourth-order valence-electron chi connectivity index (χ4n) is 3.62. The number of carbonyl (C=O) groups excluding carboxylic acids is 1. The molecule has 33 heavy (non-hydrogen) atoms. The van der Waals surface area contributed by atoms with Gasteiger partial charge in [-0.2, -0.15) is 5.48 Å². The largest absolute Gasteiger partial charge is 0.489 e. The monoisotopic (exact) mass is 456 g/mol. The number of aryl methyl sites for hydroxylation is 3. The molecule has 8 heteroatoms. The molecule has 0 saturated carbocycles. The average Bonchev–Trinajstić information content (AvgIpc) is 3.33. The summed E-state index contributed by atoms with van der Waals surface area (Å²) >= 11 is 0. The number of carbonyl (C=O) groups is 2. The summed E-state index contributed by atoms with van der Waals surface area (Å²) in [4.78, 5) is 29.9. The summed E-state index contributed by atoms with van der Waals surface area (Å²) in [6, 6.07) is 16.5. The van der Waals surface area contributed by atoms with Gasteiger partial charge < -0.3 is 14.6 Å². The lowest BCUT2D eigenvalue weighted by Gasteiger charge is -2.23. The SMILES string of the molecule is CCc1cccc(CCc2ccccc2OCC(CN2CNOC2)OC(=O)CCC(=O)O)c1. The van der Waals surface area contributed by atoms with Crippen LogP contribution in [-0.2, 0) is 38.4 Å². The minimum Gasteiger partial charge on any atom is -0.489 e. The number of hydrogen-bond donors (Lipinski definition) is 2. The van der Waals surface area contributed by atoms with Gasteiger partial charge in [0.05, 0.1) is 19.5 Å². The standard InChI is InChI=1S/C25H32N2O6/c1-2-19-6-5-7-20(14-19)10-11-21-8-3-4-9-23(21)31-16-22(15-27-17-26-32-18-27)33-25(30)13-12-24(28)29/h3-9,14,22,26H,2,10-13,15-18H2,1H3,(H,28,29). The van der Waals surface area contributed by atoms with Gasteiger partial charge in [-0.3, -0.25) is 19.3 Å². The number of ether oxygens (including phenoxy) is 2. The maximum Gasteiger partial charge on any atom is 0.306 e. The van der Waals surface area contributed by atoms with Crippen LogP contribution in [0.2, 0.25) is 0 Å². The first-order valence-electron chi connectivity index (χ1n) is 11.3. The van der Waals surface area contributed by atoms with Crippen molar-refractivity contribution >= 4 is 11.9 Å². The van der Waals surface area contributed by atoms with Crippen molar-refractivity contribution in [3.63, 3.8) is 0 Å². The summed E-state index contributed by atoms with van der Waals surface area (Å²) in [7, 11) is 0. The van der Waals surface area contributed by atoms with E-state index in [0.29, 0.717) is 19.9 Å². The minimum atomic E-state index is -1.03. The van der Waals surface area contributed by atoms with Crippen LogP contribution in [-0.4, -0.2) is 54.6 Å². The first-order chi connectivity index (χ1) is 16.0. The molecule has 0 aromatic heterocycles. The smallest absolute Gasteiger partial charge is 0.306 e. The zero-order valence-electron chi connectivity index (χ0n) is 19.0. The Balaban J connectivity index is 1.60. The van der Waals surface area contributed by atoms with E-state index in [1.165, 1.54) is 11.1 Å². The first-order valence-corrected chi connectivity index (χ1v) is 11.3. The molecule has 1 aliphatic heterocycles. The normalized spacial score (nSPS) is 14.7. The Labute approximate surface area is 194 Å². The van der Waals surface area contributed by atoms with Crippen molar-refractivity contribution in [2.45, 2.75) is 45.1 Å². The van der Waals surface area contributed by atoms with Crippen LogP contribution in [0.25, 0.3) is 0 Å². The van der Waals surface area contributed by atoms with E-state index in [1.807, 2.05) is 29.2 Å². The number of esters is 1. The summed E-state index contributed by atoms with van der Waals surface area (Å²) in [5.41, 5.74) is 6.46. The third kappa shape index (κ3) is 8.49. The maximum absolute atomic E-state index is 12.1. The zero-order valence-corrected chi connectivity index (χ0v) is 19.0. The molecule has 2 aromatic carbocycles. The van der Waals surface area contributed by atoms with Gasteiger partial charge >= 0.3 is 11.9 Å². The van der Waals surface area contributed by atoms with Crippen LogP contribution in [0.4, 0.5) is 0 Å². The van der Waals surface area contributed by atoms with Gasteiger partial charge in [0.15, 0.2) is 0 Å². The third-order valence-electron chi connectivity index (χ3n) is 5.42. The molecule has 0 radical (unpaired) electrons. The highest BCUT2D eigenvalue weighted by Crippen LogP contribution is 2.21. The van der Waals surface area contributed by atoms with Gasteiger partial charge in [0, 0.05) is 6.54 Å². The lowest BCUT2D eigenvalue weighted by atomic mass is 10.0. The van der Waals surface area contributed by atoms with E-state index in [0.717, 1.165) is 30.6 Å². The van der Waals surface area contributed by atoms with Gasteiger partial charge in [-0.1, -0.05) is 49.4 Å². The number of carboxylic acids is 1. The van der Waals surface area contributed by atoms with Gasteiger partial charge in [0.1, 0.15) is 25.2 Å². The van der Waals surface area contributed by atoms with Crippen LogP contribution in [0, 0.1) is 0 Å². The highest BCUT2D eigenvalue weighted by Gasteiger charge is 2.22. The summed E-state index contributed by atoms with van der Waals surface area (Å²) in [6.07, 6.45) is 1.76. The number of carboxylic acid groups (broad SMARTS) is 1. The summed E-state index contributed by atoms with van der Waals surface area (Å²) < 4.78 is 11.6. The Kier molecular flexibility index (Phi) is 9.68. The number of hydroxylamine groups is 1. The fraction of sp³-hybridized carbons (Fsp3) is 0.440. The predicted molar refractivity (Wildman–Crippen MR) is 123 cm³/mol. The van der Waals surface area contributed by atoms with Gasteiger partial charge in [0.25, 0.3) is 0 Å². The molecule has 1 fully saturated rings. The van der Waals surface area contributed by atoms with Crippen molar-refractivity contribution in [3.8, 4) is 5.75 Å². The molecular formula is C25H32N2O6. The van der Waals surface area contributed by atoms with Crippen molar-refractivity contribution in [1.29, 1.82) is 0 Å². The van der Waals surface area contributed by atoms with E-state index < -0.39 is 18.0 Å². The highest BCUT2D eigenvalue weighted by molar-refractivity contribution is 5.76. The minimum absolute atomic E-state index is 0.164. The predicted octanol–water partition coefficient (Wildman–Crippen LogP) is 2.94. The maximum atomic E-state index is 12.1. The van der Waals surface area contributed by atoms with Crippen LogP contribution in [0.15, 0.2) is 48.5 Å². The number of nitrogens with one attached hydrogen (secondary N) is 1. The Morgan fingerprint density at radius 1 is 1.12 bits per heavy atom. The average molecular weight is 457 g/mol. The molecule has 0 amide bonds. The number of hydrogen-bond acceptors (Lipinski definition) is 7. The van der Waals surface area contributed by atoms with Crippen molar-refractivity contribution in [2.75, 3.05) is 26.6 Å². The number of para-hydroxylation sites is 1. The van der Waals surface area contributed by atoms with Crippen molar-refractivity contribution < 1.29 is 29.0 Å². The van der Waals surface area contributed by atoms with Crippen molar-refractivity contribution in [2.24, 2.45) is 0 Å². The van der Waals surface area contributed by atoms with Crippen LogP contribution in [0.5, 0.6) is 5.75 Å². The van der Waals surface area contributed by atoms with Gasteiger partial charge in [0.2, 0.25) is 0 Å². The van der Waals surface area contributed by atoms with E-state index in [-0.39, 0.29) is 19.4 Å². The lowest BCUT2D eigenvalue weighted by molar-refractivity contribution is -0.154. The molecular weight excluding hydrogens is 424 g/mol. The Morgan fingerprint density at radius 2 is 1.94 bits per heavy atom. The van der Waals surface area contributed by atoms with E-state index in [4.69, 9.17) is 19.4 Å². The Morgan fingerprint density at radius 3 is 2.70 bits per heavy atom. The van der Waals surface area contributed by atoms with E-state index in [9.17, 15) is 9.59 Å². The number of benzene rings is 2. The second kappa shape index (κ2) is 12.9. The van der Waals surface area contributed by atoms with Crippen molar-refractivity contribution in [3.05, 3.63) is 65.2 Å². The Hall–Kier alpha value is -2.94. The first kappa shape index (κ1) is 24.7. The summed E-state index contributed by atoms with van der Waals surface area (Å²) in [5.74, 6) is -0.829. The number of aliphatic carboxylic acids is 1. The number of nitrogens with zero attached hydrogens (tertiary/aromatic N) is 1. The highest BCUT2D eigenvalue weighted by atomic mass is 16.7. The second-order valence-corrected chi connectivity index (χ2v) is 8.03. The van der Waals surface area contributed by atoms with E-state index in [1.54, 1.807) is 0 Å². The van der Waals surface area contributed by atoms with Gasteiger partial charge in [-0.25, -0.2) is 0 Å². The molecule has 8 nitrogen and oxygen atoms in total. The van der Waals surface area contributed by atoms with Crippen LogP contribution < -0.4 is 10.2 Å². The number of rotatable bonds is 13. The zero-order chi connectivity index (χ0) is 23.5. The van der Waals surface area contributed by atoms with E-state index in [2.05, 4.69) is 36.7 Å². The molecule has 1 atom stereocenters. The van der Waals surface area contributed by atoms with Gasteiger partial charge in [-0.05, 0) is 42.0 Å². The van der Waals surface area contributed by atoms with Gasteiger partial charge in [-0.15, -0.1) is 0 Å². The molecule has 1 unspecified atom stereocenters. The quantitative estimate of drug-likeness (QED) is 0.444. The fourth-order valence-corrected chi connectivity index (χ4v) is 3.62. The van der Waals surface area contributed by atoms with Crippen LogP contribution >= 0.6 is 0 Å². The molecule has 2 aromatic rings. The Bertz CT molecular complexity index is 913. The molecule has 1 heterocycles. The van der Waals surface area contributed by atoms with Crippen molar-refractivity contribution in [1.82, 2.24) is 10.4 Å². The van der Waals surface area contributed by atoms with Crippen LogP contribution in [0.1, 0.15) is 36.5 Å². The molecule has 0 spiro atoms. The summed E-state index contributed by atoms with van der Waals surface area (Å²) in [5, 5.41) is 8.81. The molecule has 3 rings (SSSR count). The van der Waals surface area contributed by atoms with Crippen LogP contribution in [0.3, 0.4) is 0 Å². The second-order valence-electron chi connectivity index (χ2n) is 8.03. The van der Waals surface area contributed by atoms with E-state index >= 15 is 0 Å². The molecule has 1 aliphatic rings. The molecule has 178 valence electrons. The molecule has 0 aliphatic carbocycles. The molecule has 2 N–H and O–H groups in total. The third-order valence-corrected chi connectivity index (χ3v) is 5.42. The lowest BCUT2D eigenvalue weighted by Crippen LogP contribution is -2.38. The molecule has 0 bridgehead atoms. The topological polar surface area (TPSA) is 97.3 Å².